The van der Waals surface area contributed by atoms with E-state index in [2.05, 4.69) is 5.32 Å². The average Bonchev–Trinajstić information content (AvgIpc) is 2.65. The fraction of sp³-hybridized carbons (Fsp3) is 0.429. The monoisotopic (exact) mass is 388 g/mol. The molecule has 0 saturated heterocycles. The molecular formula is C21H28N2O5. The van der Waals surface area contributed by atoms with Crippen molar-refractivity contribution in [1.82, 2.24) is 5.32 Å². The number of dihydropyridines is 1. The lowest BCUT2D eigenvalue weighted by molar-refractivity contribution is -0.141. The average molecular weight is 388 g/mol. The summed E-state index contributed by atoms with van der Waals surface area (Å²) in [4.78, 5) is 25.7. The van der Waals surface area contributed by atoms with Gasteiger partial charge in [-0.05, 0) is 38.0 Å². The Morgan fingerprint density at radius 2 is 1.64 bits per heavy atom. The van der Waals surface area contributed by atoms with Crippen LogP contribution in [0.4, 0.5) is 5.69 Å². The van der Waals surface area contributed by atoms with Gasteiger partial charge in [0.2, 0.25) is 0 Å². The molecular weight excluding hydrogens is 360 g/mol. The summed E-state index contributed by atoms with van der Waals surface area (Å²) >= 11 is 0. The summed E-state index contributed by atoms with van der Waals surface area (Å²) in [6, 6.07) is 7.14. The molecule has 0 aromatic heterocycles. The third-order valence-corrected chi connectivity index (χ3v) is 4.40. The molecule has 1 unspecified atom stereocenters. The van der Waals surface area contributed by atoms with E-state index in [1.54, 1.807) is 32.0 Å². The van der Waals surface area contributed by atoms with Gasteiger partial charge in [0, 0.05) is 24.2 Å². The number of anilines is 1. The van der Waals surface area contributed by atoms with Crippen molar-refractivity contribution < 1.29 is 23.8 Å². The van der Waals surface area contributed by atoms with Crippen molar-refractivity contribution in [2.75, 3.05) is 32.7 Å². The standard InChI is InChI=1S/C21H28N2O5/c1-5-9-27-20(24)17-13(2)23-14(3)18(21(25)28-11-10-26-4)19(17)15-7-6-8-16(22)12-15/h6-8,12,19,23H,5,9-11,22H2,1-4H3. The molecule has 28 heavy (non-hydrogen) atoms. The SMILES string of the molecule is CCCOC(=O)C1=C(C)NC(C)=C(C(=O)OCCOC)C1c1cccc(N)c1. The lowest BCUT2D eigenvalue weighted by Crippen LogP contribution is -2.33. The third kappa shape index (κ3) is 4.92. The first kappa shape index (κ1) is 21.5. The molecule has 0 bridgehead atoms. The predicted octanol–water partition coefficient (Wildman–Crippen LogP) is 2.65. The van der Waals surface area contributed by atoms with Crippen molar-refractivity contribution in [3.63, 3.8) is 0 Å². The van der Waals surface area contributed by atoms with Crippen molar-refractivity contribution in [3.8, 4) is 0 Å². The molecule has 1 atom stereocenters. The van der Waals surface area contributed by atoms with Crippen LogP contribution in [0, 0.1) is 0 Å². The van der Waals surface area contributed by atoms with Gasteiger partial charge in [-0.2, -0.15) is 0 Å². The molecule has 7 nitrogen and oxygen atoms in total. The largest absolute Gasteiger partial charge is 0.462 e. The van der Waals surface area contributed by atoms with Crippen molar-refractivity contribution in [3.05, 3.63) is 52.4 Å². The van der Waals surface area contributed by atoms with Crippen molar-refractivity contribution in [2.45, 2.75) is 33.1 Å². The summed E-state index contributed by atoms with van der Waals surface area (Å²) in [6.07, 6.45) is 0.704. The zero-order valence-electron chi connectivity index (χ0n) is 16.8. The van der Waals surface area contributed by atoms with Gasteiger partial charge in [0.1, 0.15) is 6.61 Å². The van der Waals surface area contributed by atoms with Crippen molar-refractivity contribution >= 4 is 17.6 Å². The molecule has 0 aliphatic carbocycles. The van der Waals surface area contributed by atoms with Crippen LogP contribution in [0.5, 0.6) is 0 Å². The maximum Gasteiger partial charge on any atom is 0.336 e. The van der Waals surface area contributed by atoms with Gasteiger partial charge in [-0.3, -0.25) is 0 Å². The Morgan fingerprint density at radius 3 is 2.18 bits per heavy atom. The highest BCUT2D eigenvalue weighted by atomic mass is 16.6. The van der Waals surface area contributed by atoms with Crippen LogP contribution >= 0.6 is 0 Å². The van der Waals surface area contributed by atoms with Crippen molar-refractivity contribution in [2.24, 2.45) is 0 Å². The van der Waals surface area contributed by atoms with Gasteiger partial charge in [-0.15, -0.1) is 0 Å². The normalized spacial score (nSPS) is 16.6. The van der Waals surface area contributed by atoms with Crippen LogP contribution in [-0.4, -0.2) is 38.9 Å². The first-order valence-electron chi connectivity index (χ1n) is 9.27. The summed E-state index contributed by atoms with van der Waals surface area (Å²) < 4.78 is 15.7. The molecule has 1 aromatic carbocycles. The Balaban J connectivity index is 2.51. The van der Waals surface area contributed by atoms with E-state index in [4.69, 9.17) is 19.9 Å². The minimum absolute atomic E-state index is 0.119. The summed E-state index contributed by atoms with van der Waals surface area (Å²) in [5, 5.41) is 3.12. The fourth-order valence-corrected chi connectivity index (χ4v) is 3.18. The van der Waals surface area contributed by atoms with Crippen molar-refractivity contribution in [1.29, 1.82) is 0 Å². The second kappa shape index (κ2) is 9.94. The molecule has 1 aliphatic rings. The van der Waals surface area contributed by atoms with Crippen LogP contribution < -0.4 is 11.1 Å². The number of nitrogens with two attached hydrogens (primary N) is 1. The quantitative estimate of drug-likeness (QED) is 0.401. The second-order valence-electron chi connectivity index (χ2n) is 6.57. The minimum Gasteiger partial charge on any atom is -0.462 e. The number of nitrogen functional groups attached to an aromatic ring is 1. The number of allylic oxidation sites excluding steroid dienone is 2. The molecule has 1 aliphatic heterocycles. The van der Waals surface area contributed by atoms with Gasteiger partial charge in [0.15, 0.2) is 0 Å². The number of rotatable bonds is 8. The lowest BCUT2D eigenvalue weighted by Gasteiger charge is -2.30. The Kier molecular flexibility index (Phi) is 7.63. The number of ether oxygens (including phenoxy) is 3. The van der Waals surface area contributed by atoms with Gasteiger partial charge >= 0.3 is 11.9 Å². The van der Waals surface area contributed by atoms with E-state index < -0.39 is 17.9 Å². The fourth-order valence-electron chi connectivity index (χ4n) is 3.18. The van der Waals surface area contributed by atoms with Crippen LogP contribution in [-0.2, 0) is 23.8 Å². The highest BCUT2D eigenvalue weighted by Crippen LogP contribution is 2.39. The molecule has 0 fully saturated rings. The number of methoxy groups -OCH3 is 1. The Labute approximate surface area is 165 Å². The van der Waals surface area contributed by atoms with E-state index in [1.807, 2.05) is 13.0 Å². The molecule has 0 radical (unpaired) electrons. The number of hydrogen-bond acceptors (Lipinski definition) is 7. The zero-order chi connectivity index (χ0) is 20.7. The molecule has 7 heteroatoms. The molecule has 0 saturated carbocycles. The lowest BCUT2D eigenvalue weighted by atomic mass is 9.80. The molecule has 2 rings (SSSR count). The van der Waals surface area contributed by atoms with E-state index in [-0.39, 0.29) is 13.2 Å². The van der Waals surface area contributed by atoms with E-state index in [0.717, 1.165) is 5.56 Å². The van der Waals surface area contributed by atoms with Crippen LogP contribution in [0.15, 0.2) is 46.8 Å². The number of carbonyl (C=O) groups is 2. The number of hydrogen-bond donors (Lipinski definition) is 2. The van der Waals surface area contributed by atoms with Gasteiger partial charge in [-0.1, -0.05) is 19.1 Å². The highest BCUT2D eigenvalue weighted by molar-refractivity contribution is 6.00. The Bertz CT molecular complexity index is 798. The number of nitrogens with one attached hydrogen (secondary N) is 1. The maximum absolute atomic E-state index is 12.9. The van der Waals surface area contributed by atoms with E-state index in [1.165, 1.54) is 7.11 Å². The smallest absolute Gasteiger partial charge is 0.336 e. The topological polar surface area (TPSA) is 99.9 Å². The molecule has 0 amide bonds. The highest BCUT2D eigenvalue weighted by Gasteiger charge is 2.38. The number of carbonyl (C=O) groups excluding carboxylic acids is 2. The summed E-state index contributed by atoms with van der Waals surface area (Å²) in [5.41, 5.74) is 9.22. The van der Waals surface area contributed by atoms with E-state index >= 15 is 0 Å². The van der Waals surface area contributed by atoms with Gasteiger partial charge < -0.3 is 25.3 Å². The molecule has 3 N–H and O–H groups in total. The van der Waals surface area contributed by atoms with E-state index in [9.17, 15) is 9.59 Å². The van der Waals surface area contributed by atoms with Gasteiger partial charge in [0.05, 0.1) is 30.3 Å². The molecule has 152 valence electrons. The number of benzene rings is 1. The Hall–Kier alpha value is -2.80. The summed E-state index contributed by atoms with van der Waals surface area (Å²) in [7, 11) is 1.53. The second-order valence-corrected chi connectivity index (χ2v) is 6.57. The zero-order valence-corrected chi connectivity index (χ0v) is 16.8. The Morgan fingerprint density at radius 1 is 1.04 bits per heavy atom. The summed E-state index contributed by atoms with van der Waals surface area (Å²) in [5.74, 6) is -1.61. The van der Waals surface area contributed by atoms with Gasteiger partial charge in [0.25, 0.3) is 0 Å². The molecule has 0 spiro atoms. The van der Waals surface area contributed by atoms with Crippen LogP contribution in [0.1, 0.15) is 38.7 Å². The first-order valence-corrected chi connectivity index (χ1v) is 9.27. The minimum atomic E-state index is -0.635. The number of esters is 2. The first-order chi connectivity index (χ1) is 13.4. The van der Waals surface area contributed by atoms with Crippen LogP contribution in [0.3, 0.4) is 0 Å². The van der Waals surface area contributed by atoms with E-state index in [0.29, 0.717) is 41.3 Å². The summed E-state index contributed by atoms with van der Waals surface area (Å²) in [6.45, 7) is 6.20. The molecule has 1 heterocycles. The van der Waals surface area contributed by atoms with Crippen LogP contribution in [0.25, 0.3) is 0 Å². The predicted molar refractivity (Wildman–Crippen MR) is 106 cm³/mol. The molecule has 1 aromatic rings. The maximum atomic E-state index is 12.9. The third-order valence-electron chi connectivity index (χ3n) is 4.40. The van der Waals surface area contributed by atoms with Crippen LogP contribution in [0.2, 0.25) is 0 Å². The van der Waals surface area contributed by atoms with Gasteiger partial charge in [-0.25, -0.2) is 9.59 Å².